The lowest BCUT2D eigenvalue weighted by molar-refractivity contribution is -0.130. The standard InChI is InChI=1S/C28H30N4O2/c1-4-31(20(2)3)25(33)22-13-11-12-21(18-22)19-32-26(34)28(30-27(32)29,23-14-7-5-8-15-23)24-16-9-6-10-17-24/h5-18,20H,4,19H2,1-3H3,(H2,29,30). The van der Waals surface area contributed by atoms with Crippen LogP contribution in [-0.4, -0.2) is 40.2 Å². The van der Waals surface area contributed by atoms with Gasteiger partial charge in [0.15, 0.2) is 11.5 Å². The zero-order valence-electron chi connectivity index (χ0n) is 19.8. The van der Waals surface area contributed by atoms with Gasteiger partial charge in [-0.25, -0.2) is 4.99 Å². The van der Waals surface area contributed by atoms with Gasteiger partial charge in [0.1, 0.15) is 0 Å². The molecule has 0 aliphatic carbocycles. The van der Waals surface area contributed by atoms with Crippen molar-refractivity contribution in [3.05, 3.63) is 107 Å². The van der Waals surface area contributed by atoms with E-state index in [9.17, 15) is 9.59 Å². The second kappa shape index (κ2) is 9.51. The maximum Gasteiger partial charge on any atom is 0.266 e. The van der Waals surface area contributed by atoms with Gasteiger partial charge >= 0.3 is 0 Å². The van der Waals surface area contributed by atoms with Crippen LogP contribution in [0, 0.1) is 0 Å². The minimum Gasteiger partial charge on any atom is -0.369 e. The number of benzene rings is 3. The molecule has 3 aromatic carbocycles. The first kappa shape index (κ1) is 23.2. The van der Waals surface area contributed by atoms with Gasteiger partial charge in [0.2, 0.25) is 0 Å². The Morgan fingerprint density at radius 2 is 1.56 bits per heavy atom. The number of guanidine groups is 1. The molecule has 1 heterocycles. The molecular formula is C28H30N4O2. The first-order valence-electron chi connectivity index (χ1n) is 11.6. The molecule has 1 aliphatic rings. The normalized spacial score (nSPS) is 14.9. The number of nitrogens with two attached hydrogens (primary N) is 1. The molecule has 0 saturated carbocycles. The van der Waals surface area contributed by atoms with Crippen molar-refractivity contribution in [3.63, 3.8) is 0 Å². The summed E-state index contributed by atoms with van der Waals surface area (Å²) in [7, 11) is 0. The largest absolute Gasteiger partial charge is 0.369 e. The summed E-state index contributed by atoms with van der Waals surface area (Å²) >= 11 is 0. The van der Waals surface area contributed by atoms with Crippen LogP contribution in [0.25, 0.3) is 0 Å². The van der Waals surface area contributed by atoms with E-state index in [1.54, 1.807) is 6.07 Å². The molecule has 3 aromatic rings. The predicted octanol–water partition coefficient (Wildman–Crippen LogP) is 4.16. The first-order chi connectivity index (χ1) is 16.4. The smallest absolute Gasteiger partial charge is 0.266 e. The van der Waals surface area contributed by atoms with E-state index < -0.39 is 5.54 Å². The monoisotopic (exact) mass is 454 g/mol. The Hall–Kier alpha value is -3.93. The van der Waals surface area contributed by atoms with E-state index in [4.69, 9.17) is 10.7 Å². The van der Waals surface area contributed by atoms with Crippen molar-refractivity contribution < 1.29 is 9.59 Å². The van der Waals surface area contributed by atoms with E-state index in [1.165, 1.54) is 4.90 Å². The highest BCUT2D eigenvalue weighted by Gasteiger charge is 2.50. The summed E-state index contributed by atoms with van der Waals surface area (Å²) in [5.74, 6) is -0.0834. The van der Waals surface area contributed by atoms with Gasteiger partial charge in [-0.2, -0.15) is 0 Å². The van der Waals surface area contributed by atoms with E-state index in [0.29, 0.717) is 12.1 Å². The zero-order valence-corrected chi connectivity index (χ0v) is 19.8. The quantitative estimate of drug-likeness (QED) is 0.582. The summed E-state index contributed by atoms with van der Waals surface area (Å²) in [5, 5.41) is 0. The van der Waals surface area contributed by atoms with Crippen LogP contribution in [0.15, 0.2) is 89.9 Å². The number of hydrogen-bond acceptors (Lipinski definition) is 4. The highest BCUT2D eigenvalue weighted by Crippen LogP contribution is 2.39. The Balaban J connectivity index is 1.69. The highest BCUT2D eigenvalue weighted by atomic mass is 16.2. The Bertz CT molecular complexity index is 1170. The summed E-state index contributed by atoms with van der Waals surface area (Å²) in [4.78, 5) is 35.0. The Kier molecular flexibility index (Phi) is 6.50. The summed E-state index contributed by atoms with van der Waals surface area (Å²) in [6.07, 6.45) is 0. The second-order valence-corrected chi connectivity index (χ2v) is 8.69. The average molecular weight is 455 g/mol. The topological polar surface area (TPSA) is 79.0 Å². The lowest BCUT2D eigenvalue weighted by Gasteiger charge is -2.27. The first-order valence-corrected chi connectivity index (χ1v) is 11.6. The molecule has 6 nitrogen and oxygen atoms in total. The molecule has 4 rings (SSSR count). The maximum atomic E-state index is 14.0. The number of aliphatic imine (C=N–C) groups is 1. The number of hydrogen-bond donors (Lipinski definition) is 1. The third-order valence-electron chi connectivity index (χ3n) is 6.24. The third-order valence-corrected chi connectivity index (χ3v) is 6.24. The zero-order chi connectivity index (χ0) is 24.3. The molecule has 0 atom stereocenters. The van der Waals surface area contributed by atoms with Crippen molar-refractivity contribution in [1.82, 2.24) is 9.80 Å². The van der Waals surface area contributed by atoms with Crippen molar-refractivity contribution in [2.24, 2.45) is 10.7 Å². The molecule has 6 heteroatoms. The van der Waals surface area contributed by atoms with E-state index in [1.807, 2.05) is 105 Å². The lowest BCUT2D eigenvalue weighted by Crippen LogP contribution is -2.43. The average Bonchev–Trinajstić information content (AvgIpc) is 3.11. The summed E-state index contributed by atoms with van der Waals surface area (Å²) < 4.78 is 0. The van der Waals surface area contributed by atoms with Crippen molar-refractivity contribution in [1.29, 1.82) is 0 Å². The number of carbonyl (C=O) groups is 2. The molecular weight excluding hydrogens is 424 g/mol. The molecule has 174 valence electrons. The molecule has 0 spiro atoms. The SMILES string of the molecule is CCN(C(=O)c1cccc(CN2C(=O)C(c3ccccc3)(c3ccccc3)N=C2N)c1)C(C)C. The highest BCUT2D eigenvalue weighted by molar-refractivity contribution is 6.09. The third kappa shape index (κ3) is 4.07. The Morgan fingerprint density at radius 3 is 2.09 bits per heavy atom. The van der Waals surface area contributed by atoms with Crippen LogP contribution in [-0.2, 0) is 16.9 Å². The second-order valence-electron chi connectivity index (χ2n) is 8.69. The molecule has 1 aliphatic heterocycles. The van der Waals surface area contributed by atoms with Gasteiger partial charge in [0.05, 0.1) is 6.54 Å². The van der Waals surface area contributed by atoms with Crippen LogP contribution in [0.4, 0.5) is 0 Å². The van der Waals surface area contributed by atoms with Crippen molar-refractivity contribution in [2.45, 2.75) is 38.9 Å². The molecule has 0 bridgehead atoms. The lowest BCUT2D eigenvalue weighted by atomic mass is 9.83. The minimum atomic E-state index is -1.24. The van der Waals surface area contributed by atoms with Crippen LogP contribution >= 0.6 is 0 Å². The van der Waals surface area contributed by atoms with Gasteiger partial charge in [-0.3, -0.25) is 14.5 Å². The molecule has 0 radical (unpaired) electrons. The summed E-state index contributed by atoms with van der Waals surface area (Å²) in [6.45, 7) is 6.82. The maximum absolute atomic E-state index is 14.0. The fourth-order valence-corrected chi connectivity index (χ4v) is 4.53. The van der Waals surface area contributed by atoms with Crippen LogP contribution in [0.5, 0.6) is 0 Å². The molecule has 2 N–H and O–H groups in total. The number of nitrogens with zero attached hydrogens (tertiary/aromatic N) is 3. The van der Waals surface area contributed by atoms with Crippen LogP contribution in [0.1, 0.15) is 47.8 Å². The van der Waals surface area contributed by atoms with E-state index in [-0.39, 0.29) is 30.4 Å². The fraction of sp³-hybridized carbons (Fsp3) is 0.250. The van der Waals surface area contributed by atoms with Crippen molar-refractivity contribution in [3.8, 4) is 0 Å². The molecule has 0 aromatic heterocycles. The molecule has 0 fully saturated rings. The summed E-state index contributed by atoms with van der Waals surface area (Å²) in [6, 6.07) is 26.5. The van der Waals surface area contributed by atoms with E-state index in [0.717, 1.165) is 16.7 Å². The van der Waals surface area contributed by atoms with E-state index >= 15 is 0 Å². The van der Waals surface area contributed by atoms with Crippen molar-refractivity contribution >= 4 is 17.8 Å². The van der Waals surface area contributed by atoms with Gasteiger partial charge in [-0.1, -0.05) is 72.8 Å². The van der Waals surface area contributed by atoms with Crippen LogP contribution in [0.3, 0.4) is 0 Å². The van der Waals surface area contributed by atoms with Gasteiger partial charge in [-0.15, -0.1) is 0 Å². The van der Waals surface area contributed by atoms with Crippen molar-refractivity contribution in [2.75, 3.05) is 6.54 Å². The molecule has 2 amide bonds. The molecule has 0 saturated heterocycles. The van der Waals surface area contributed by atoms with Crippen LogP contribution < -0.4 is 5.73 Å². The predicted molar refractivity (Wildman–Crippen MR) is 134 cm³/mol. The minimum absolute atomic E-state index is 0.0309. The Labute approximate surface area is 200 Å². The Morgan fingerprint density at radius 1 is 0.971 bits per heavy atom. The van der Waals surface area contributed by atoms with Gasteiger partial charge in [0, 0.05) is 18.2 Å². The van der Waals surface area contributed by atoms with E-state index in [2.05, 4.69) is 0 Å². The summed E-state index contributed by atoms with van der Waals surface area (Å²) in [5.41, 5.74) is 8.04. The molecule has 34 heavy (non-hydrogen) atoms. The number of rotatable bonds is 7. The number of amides is 2. The van der Waals surface area contributed by atoms with Gasteiger partial charge < -0.3 is 10.6 Å². The van der Waals surface area contributed by atoms with Gasteiger partial charge in [-0.05, 0) is 49.6 Å². The molecule has 0 unspecified atom stereocenters. The fourth-order valence-electron chi connectivity index (χ4n) is 4.53. The van der Waals surface area contributed by atoms with Gasteiger partial charge in [0.25, 0.3) is 11.8 Å². The number of carbonyl (C=O) groups excluding carboxylic acids is 2. The van der Waals surface area contributed by atoms with Crippen LogP contribution in [0.2, 0.25) is 0 Å².